The van der Waals surface area contributed by atoms with E-state index in [9.17, 15) is 4.79 Å². The van der Waals surface area contributed by atoms with E-state index in [1.165, 1.54) is 11.1 Å². The number of nitrogens with zero attached hydrogens (tertiary/aromatic N) is 1. The molecule has 5 heteroatoms. The lowest BCUT2D eigenvalue weighted by Gasteiger charge is -2.26. The number of rotatable bonds is 1. The fourth-order valence-corrected chi connectivity index (χ4v) is 2.14. The van der Waals surface area contributed by atoms with E-state index in [2.05, 4.69) is 10.7 Å². The summed E-state index contributed by atoms with van der Waals surface area (Å²) < 4.78 is 0. The Balaban J connectivity index is 2.03. The molecule has 2 aliphatic heterocycles. The standard InChI is InChI=1S/C12H10ClN3O/c13-9-4-2-1-3-8(9)10-7-12(17)16-11(15-10)5-6-14-16/h1-5,7,14-15H,6H2. The zero-order valence-corrected chi connectivity index (χ0v) is 9.66. The number of amides is 1. The molecular weight excluding hydrogens is 238 g/mol. The summed E-state index contributed by atoms with van der Waals surface area (Å²) in [6.45, 7) is 0.651. The minimum Gasteiger partial charge on any atom is -0.340 e. The maximum atomic E-state index is 11.8. The van der Waals surface area contributed by atoms with E-state index in [0.29, 0.717) is 11.6 Å². The van der Waals surface area contributed by atoms with Crippen LogP contribution in [-0.4, -0.2) is 17.5 Å². The summed E-state index contributed by atoms with van der Waals surface area (Å²) in [6.07, 6.45) is 3.46. The average Bonchev–Trinajstić information content (AvgIpc) is 2.78. The molecule has 4 nitrogen and oxygen atoms in total. The molecule has 1 amide bonds. The molecule has 0 spiro atoms. The van der Waals surface area contributed by atoms with Gasteiger partial charge in [-0.2, -0.15) is 0 Å². The number of carbonyl (C=O) groups is 1. The number of hydrogen-bond donors (Lipinski definition) is 2. The molecule has 0 aliphatic carbocycles. The highest BCUT2D eigenvalue weighted by atomic mass is 35.5. The third kappa shape index (κ3) is 1.71. The molecule has 0 saturated heterocycles. The first-order chi connectivity index (χ1) is 8.25. The number of benzene rings is 1. The Kier molecular flexibility index (Phi) is 2.39. The van der Waals surface area contributed by atoms with Crippen LogP contribution in [-0.2, 0) is 4.79 Å². The van der Waals surface area contributed by atoms with Crippen LogP contribution in [0.1, 0.15) is 5.56 Å². The fourth-order valence-electron chi connectivity index (χ4n) is 1.90. The number of halogens is 1. The number of hydrogen-bond acceptors (Lipinski definition) is 3. The molecule has 0 aromatic heterocycles. The largest absolute Gasteiger partial charge is 0.340 e. The van der Waals surface area contributed by atoms with Crippen molar-refractivity contribution in [2.24, 2.45) is 0 Å². The highest BCUT2D eigenvalue weighted by Gasteiger charge is 2.26. The summed E-state index contributed by atoms with van der Waals surface area (Å²) in [5.74, 6) is 0.662. The fraction of sp³-hybridized carbons (Fsp3) is 0.0833. The van der Waals surface area contributed by atoms with Crippen LogP contribution in [0.15, 0.2) is 42.2 Å². The van der Waals surface area contributed by atoms with Gasteiger partial charge in [0.25, 0.3) is 5.91 Å². The van der Waals surface area contributed by atoms with E-state index in [4.69, 9.17) is 11.6 Å². The van der Waals surface area contributed by atoms with Gasteiger partial charge in [0, 0.05) is 23.2 Å². The quantitative estimate of drug-likeness (QED) is 0.790. The second-order valence-corrected chi connectivity index (χ2v) is 4.20. The first kappa shape index (κ1) is 10.4. The van der Waals surface area contributed by atoms with Crippen molar-refractivity contribution >= 4 is 23.2 Å². The Morgan fingerprint density at radius 2 is 2.12 bits per heavy atom. The second kappa shape index (κ2) is 3.91. The smallest absolute Gasteiger partial charge is 0.268 e. The van der Waals surface area contributed by atoms with E-state index in [1.807, 2.05) is 24.3 Å². The van der Waals surface area contributed by atoms with Gasteiger partial charge in [-0.25, -0.2) is 10.4 Å². The van der Waals surface area contributed by atoms with Crippen molar-refractivity contribution in [1.82, 2.24) is 15.8 Å². The summed E-state index contributed by atoms with van der Waals surface area (Å²) in [4.78, 5) is 11.8. The molecule has 2 aliphatic rings. The lowest BCUT2D eigenvalue weighted by Crippen LogP contribution is -2.43. The van der Waals surface area contributed by atoms with Gasteiger partial charge in [0.05, 0.1) is 5.70 Å². The Hall–Kier alpha value is -1.78. The summed E-state index contributed by atoms with van der Waals surface area (Å²) in [7, 11) is 0. The number of fused-ring (bicyclic) bond motifs is 1. The second-order valence-electron chi connectivity index (χ2n) is 3.79. The van der Waals surface area contributed by atoms with Gasteiger partial charge in [0.1, 0.15) is 5.82 Å². The molecular formula is C12H10ClN3O. The van der Waals surface area contributed by atoms with Crippen LogP contribution < -0.4 is 10.7 Å². The van der Waals surface area contributed by atoms with Crippen molar-refractivity contribution in [3.63, 3.8) is 0 Å². The van der Waals surface area contributed by atoms with Gasteiger partial charge in [0.15, 0.2) is 0 Å². The summed E-state index contributed by atoms with van der Waals surface area (Å²) in [6, 6.07) is 7.44. The van der Waals surface area contributed by atoms with Crippen molar-refractivity contribution in [2.75, 3.05) is 6.54 Å². The van der Waals surface area contributed by atoms with E-state index in [0.717, 1.165) is 17.1 Å². The zero-order valence-electron chi connectivity index (χ0n) is 8.90. The van der Waals surface area contributed by atoms with Gasteiger partial charge in [0.2, 0.25) is 0 Å². The van der Waals surface area contributed by atoms with E-state index in [-0.39, 0.29) is 5.91 Å². The van der Waals surface area contributed by atoms with E-state index < -0.39 is 0 Å². The Bertz CT molecular complexity index is 550. The highest BCUT2D eigenvalue weighted by Crippen LogP contribution is 2.26. The molecule has 2 N–H and O–H groups in total. The lowest BCUT2D eigenvalue weighted by atomic mass is 10.1. The maximum Gasteiger partial charge on any atom is 0.268 e. The van der Waals surface area contributed by atoms with Crippen LogP contribution in [0.5, 0.6) is 0 Å². The van der Waals surface area contributed by atoms with Gasteiger partial charge < -0.3 is 5.32 Å². The first-order valence-electron chi connectivity index (χ1n) is 5.27. The van der Waals surface area contributed by atoms with Gasteiger partial charge >= 0.3 is 0 Å². The van der Waals surface area contributed by atoms with E-state index in [1.54, 1.807) is 6.07 Å². The Labute approximate surface area is 104 Å². The summed E-state index contributed by atoms with van der Waals surface area (Å²) in [5, 5.41) is 5.29. The average molecular weight is 248 g/mol. The zero-order chi connectivity index (χ0) is 11.8. The predicted molar refractivity (Wildman–Crippen MR) is 65.5 cm³/mol. The molecule has 0 unspecified atom stereocenters. The van der Waals surface area contributed by atoms with Crippen molar-refractivity contribution in [1.29, 1.82) is 0 Å². The Morgan fingerprint density at radius 1 is 1.29 bits per heavy atom. The molecule has 17 heavy (non-hydrogen) atoms. The number of nitrogens with one attached hydrogen (secondary N) is 2. The molecule has 3 rings (SSSR count). The first-order valence-corrected chi connectivity index (χ1v) is 5.65. The molecule has 0 radical (unpaired) electrons. The number of carbonyl (C=O) groups excluding carboxylic acids is 1. The third-order valence-corrected chi connectivity index (χ3v) is 3.03. The van der Waals surface area contributed by atoms with Crippen LogP contribution in [0.25, 0.3) is 5.70 Å². The van der Waals surface area contributed by atoms with Crippen molar-refractivity contribution in [2.45, 2.75) is 0 Å². The molecule has 0 bridgehead atoms. The highest BCUT2D eigenvalue weighted by molar-refractivity contribution is 6.32. The van der Waals surface area contributed by atoms with E-state index >= 15 is 0 Å². The van der Waals surface area contributed by atoms with Crippen molar-refractivity contribution in [3.8, 4) is 0 Å². The third-order valence-electron chi connectivity index (χ3n) is 2.70. The lowest BCUT2D eigenvalue weighted by molar-refractivity contribution is -0.126. The van der Waals surface area contributed by atoms with Crippen LogP contribution >= 0.6 is 11.6 Å². The normalized spacial score (nSPS) is 18.4. The van der Waals surface area contributed by atoms with Crippen LogP contribution in [0.4, 0.5) is 0 Å². The minimum absolute atomic E-state index is 0.0950. The van der Waals surface area contributed by atoms with Crippen LogP contribution in [0, 0.1) is 0 Å². The SMILES string of the molecule is O=C1C=C(c2ccccc2Cl)NC2=CCNN12. The Morgan fingerprint density at radius 3 is 2.94 bits per heavy atom. The van der Waals surface area contributed by atoms with Crippen LogP contribution in [0.2, 0.25) is 5.02 Å². The van der Waals surface area contributed by atoms with Crippen molar-refractivity contribution in [3.05, 3.63) is 52.8 Å². The maximum absolute atomic E-state index is 11.8. The molecule has 1 aromatic carbocycles. The summed E-state index contributed by atoms with van der Waals surface area (Å²) in [5.41, 5.74) is 4.50. The number of hydrazine groups is 1. The van der Waals surface area contributed by atoms with Crippen LogP contribution in [0.3, 0.4) is 0 Å². The molecule has 0 saturated carbocycles. The molecule has 2 heterocycles. The summed E-state index contributed by atoms with van der Waals surface area (Å²) >= 11 is 6.11. The van der Waals surface area contributed by atoms with Gasteiger partial charge in [-0.15, -0.1) is 0 Å². The monoisotopic (exact) mass is 247 g/mol. The molecule has 86 valence electrons. The van der Waals surface area contributed by atoms with Crippen molar-refractivity contribution < 1.29 is 4.79 Å². The van der Waals surface area contributed by atoms with Gasteiger partial charge in [-0.3, -0.25) is 4.79 Å². The predicted octanol–water partition coefficient (Wildman–Crippen LogP) is 1.47. The molecule has 0 atom stereocenters. The minimum atomic E-state index is -0.0950. The topological polar surface area (TPSA) is 44.4 Å². The van der Waals surface area contributed by atoms with Gasteiger partial charge in [-0.05, 0) is 12.1 Å². The molecule has 1 aromatic rings. The molecule has 0 fully saturated rings. The van der Waals surface area contributed by atoms with Gasteiger partial charge in [-0.1, -0.05) is 29.8 Å².